The molecule has 0 unspecified atom stereocenters. The van der Waals surface area contributed by atoms with Crippen molar-refractivity contribution in [3.63, 3.8) is 0 Å². The van der Waals surface area contributed by atoms with Crippen molar-refractivity contribution in [1.29, 1.82) is 5.26 Å². The molecule has 16 heavy (non-hydrogen) atoms. The number of benzene rings is 1. The number of rotatable bonds is 2. The van der Waals surface area contributed by atoms with E-state index < -0.39 is 15.6 Å². The number of hydrogen-bond donors (Lipinski definition) is 0. The largest absolute Gasteiger partial charge is 0.223 e. The zero-order valence-corrected chi connectivity index (χ0v) is 9.76. The second kappa shape index (κ2) is 4.26. The van der Waals surface area contributed by atoms with E-state index in [1.807, 2.05) is 6.07 Å². The summed E-state index contributed by atoms with van der Waals surface area (Å²) in [6.07, 6.45) is 4.28. The highest BCUT2D eigenvalue weighted by Gasteiger charge is 2.17. The quantitative estimate of drug-likeness (QED) is 0.786. The molecule has 1 aliphatic carbocycles. The Hall–Kier alpha value is -1.34. The molecule has 0 bridgehead atoms. The molecule has 0 radical (unpaired) electrons. The van der Waals surface area contributed by atoms with Gasteiger partial charge in [0.05, 0.1) is 11.0 Å². The van der Waals surface area contributed by atoms with Gasteiger partial charge in [-0.1, -0.05) is 6.07 Å². The first-order chi connectivity index (χ1) is 7.63. The van der Waals surface area contributed by atoms with Gasteiger partial charge < -0.3 is 0 Å². The third-order valence-electron chi connectivity index (χ3n) is 2.93. The van der Waals surface area contributed by atoms with E-state index in [9.17, 15) is 8.42 Å². The number of sulfone groups is 1. The third kappa shape index (κ3) is 2.10. The third-order valence-corrected chi connectivity index (χ3v) is 4.41. The van der Waals surface area contributed by atoms with Crippen LogP contribution in [0.4, 0.5) is 0 Å². The van der Waals surface area contributed by atoms with Gasteiger partial charge in [-0.3, -0.25) is 0 Å². The summed E-state index contributed by atoms with van der Waals surface area (Å²) in [5, 5.41) is 8.47. The van der Waals surface area contributed by atoms with Gasteiger partial charge in [-0.05, 0) is 48.9 Å². The van der Waals surface area contributed by atoms with Crippen molar-refractivity contribution in [1.82, 2.24) is 0 Å². The minimum absolute atomic E-state index is 0.287. The summed E-state index contributed by atoms with van der Waals surface area (Å²) in [6.45, 7) is 0. The molecule has 0 heterocycles. The fraction of sp³-hybridized carbons (Fsp3) is 0.417. The molecule has 0 aromatic heterocycles. The lowest BCUT2D eigenvalue weighted by Crippen LogP contribution is -2.08. The molecule has 0 fully saturated rings. The van der Waals surface area contributed by atoms with Crippen molar-refractivity contribution >= 4 is 9.84 Å². The predicted octanol–water partition coefficient (Wildman–Crippen LogP) is 1.86. The van der Waals surface area contributed by atoms with E-state index in [4.69, 9.17) is 5.26 Å². The molecule has 1 aromatic rings. The molecule has 3 nitrogen and oxygen atoms in total. The normalized spacial score (nSPS) is 15.2. The van der Waals surface area contributed by atoms with Crippen LogP contribution in [-0.2, 0) is 22.7 Å². The SMILES string of the molecule is N#CCS(=O)(=O)c1ccc2c(c1)CCCC2. The number of fused-ring (bicyclic) bond motifs is 1. The molecule has 0 saturated carbocycles. The second-order valence-electron chi connectivity index (χ2n) is 4.05. The summed E-state index contributed by atoms with van der Waals surface area (Å²) in [7, 11) is -3.40. The second-order valence-corrected chi connectivity index (χ2v) is 6.04. The lowest BCUT2D eigenvalue weighted by atomic mass is 9.92. The highest BCUT2D eigenvalue weighted by molar-refractivity contribution is 7.91. The maximum Gasteiger partial charge on any atom is 0.191 e. The Kier molecular flexibility index (Phi) is 2.97. The molecular weight excluding hydrogens is 222 g/mol. The van der Waals surface area contributed by atoms with Crippen molar-refractivity contribution < 1.29 is 8.42 Å². The van der Waals surface area contributed by atoms with Crippen LogP contribution in [0.1, 0.15) is 24.0 Å². The minimum Gasteiger partial charge on any atom is -0.223 e. The first kappa shape index (κ1) is 11.2. The van der Waals surface area contributed by atoms with Gasteiger partial charge >= 0.3 is 0 Å². The van der Waals surface area contributed by atoms with Gasteiger partial charge in [-0.25, -0.2) is 8.42 Å². The zero-order chi connectivity index (χ0) is 11.6. The van der Waals surface area contributed by atoms with Crippen LogP contribution >= 0.6 is 0 Å². The van der Waals surface area contributed by atoms with E-state index in [2.05, 4.69) is 0 Å². The summed E-state index contributed by atoms with van der Waals surface area (Å²) < 4.78 is 23.4. The highest BCUT2D eigenvalue weighted by atomic mass is 32.2. The fourth-order valence-corrected chi connectivity index (χ4v) is 3.01. The highest BCUT2D eigenvalue weighted by Crippen LogP contribution is 2.24. The monoisotopic (exact) mass is 235 g/mol. The molecule has 1 aromatic carbocycles. The van der Waals surface area contributed by atoms with E-state index in [-0.39, 0.29) is 4.90 Å². The maximum atomic E-state index is 11.7. The van der Waals surface area contributed by atoms with E-state index >= 15 is 0 Å². The van der Waals surface area contributed by atoms with Crippen molar-refractivity contribution in [3.05, 3.63) is 29.3 Å². The van der Waals surface area contributed by atoms with Gasteiger partial charge in [0, 0.05) is 0 Å². The predicted molar refractivity (Wildman–Crippen MR) is 60.7 cm³/mol. The minimum atomic E-state index is -3.40. The van der Waals surface area contributed by atoms with Crippen LogP contribution in [-0.4, -0.2) is 14.2 Å². The average Bonchev–Trinajstić information content (AvgIpc) is 2.28. The molecule has 0 aliphatic heterocycles. The Morgan fingerprint density at radius 2 is 1.88 bits per heavy atom. The Balaban J connectivity index is 2.42. The van der Waals surface area contributed by atoms with Gasteiger partial charge in [-0.15, -0.1) is 0 Å². The molecule has 0 N–H and O–H groups in total. The first-order valence-electron chi connectivity index (χ1n) is 5.35. The number of nitriles is 1. The summed E-state index contributed by atoms with van der Waals surface area (Å²) in [5.74, 6) is -0.439. The first-order valence-corrected chi connectivity index (χ1v) is 7.00. The Bertz CT molecular complexity index is 541. The molecule has 0 atom stereocenters. The van der Waals surface area contributed by atoms with E-state index in [0.29, 0.717) is 0 Å². The Morgan fingerprint density at radius 1 is 1.19 bits per heavy atom. The van der Waals surface area contributed by atoms with Gasteiger partial charge in [0.2, 0.25) is 0 Å². The molecular formula is C12H13NO2S. The van der Waals surface area contributed by atoms with Crippen molar-refractivity contribution in [2.75, 3.05) is 5.75 Å². The molecule has 0 spiro atoms. The van der Waals surface area contributed by atoms with Crippen molar-refractivity contribution in [3.8, 4) is 6.07 Å². The van der Waals surface area contributed by atoms with Crippen LogP contribution in [0, 0.1) is 11.3 Å². The Morgan fingerprint density at radius 3 is 2.56 bits per heavy atom. The summed E-state index contributed by atoms with van der Waals surface area (Å²) in [5.41, 5.74) is 2.38. The summed E-state index contributed by atoms with van der Waals surface area (Å²) in [6, 6.07) is 6.95. The lowest BCUT2D eigenvalue weighted by Gasteiger charge is -2.16. The maximum absolute atomic E-state index is 11.7. The molecule has 84 valence electrons. The van der Waals surface area contributed by atoms with E-state index in [1.165, 1.54) is 12.0 Å². The van der Waals surface area contributed by atoms with E-state index in [1.54, 1.807) is 18.2 Å². The van der Waals surface area contributed by atoms with Gasteiger partial charge in [-0.2, -0.15) is 5.26 Å². The smallest absolute Gasteiger partial charge is 0.191 e. The van der Waals surface area contributed by atoms with Crippen LogP contribution in [0.3, 0.4) is 0 Å². The number of hydrogen-bond acceptors (Lipinski definition) is 3. The van der Waals surface area contributed by atoms with Crippen LogP contribution in [0.15, 0.2) is 23.1 Å². The van der Waals surface area contributed by atoms with Gasteiger partial charge in [0.25, 0.3) is 0 Å². The fourth-order valence-electron chi connectivity index (χ4n) is 2.07. The van der Waals surface area contributed by atoms with Crippen LogP contribution in [0.2, 0.25) is 0 Å². The standard InChI is InChI=1S/C12H13NO2S/c13-7-8-16(14,15)12-6-5-10-3-1-2-4-11(10)9-12/h5-6,9H,1-4,8H2. The number of aryl methyl sites for hydroxylation is 2. The topological polar surface area (TPSA) is 57.9 Å². The van der Waals surface area contributed by atoms with Crippen LogP contribution in [0.25, 0.3) is 0 Å². The molecule has 0 saturated heterocycles. The lowest BCUT2D eigenvalue weighted by molar-refractivity contribution is 0.598. The van der Waals surface area contributed by atoms with Crippen LogP contribution < -0.4 is 0 Å². The molecule has 0 amide bonds. The average molecular weight is 235 g/mol. The molecule has 2 rings (SSSR count). The van der Waals surface area contributed by atoms with E-state index in [0.717, 1.165) is 24.8 Å². The van der Waals surface area contributed by atoms with Crippen molar-refractivity contribution in [2.45, 2.75) is 30.6 Å². The zero-order valence-electron chi connectivity index (χ0n) is 8.94. The molecule has 1 aliphatic rings. The summed E-state index contributed by atoms with van der Waals surface area (Å²) in [4.78, 5) is 0.287. The van der Waals surface area contributed by atoms with Crippen LogP contribution in [0.5, 0.6) is 0 Å². The Labute approximate surface area is 95.6 Å². The van der Waals surface area contributed by atoms with Gasteiger partial charge in [0.15, 0.2) is 9.84 Å². The number of nitrogens with zero attached hydrogens (tertiary/aromatic N) is 1. The van der Waals surface area contributed by atoms with Crippen molar-refractivity contribution in [2.24, 2.45) is 0 Å². The molecule has 4 heteroatoms. The van der Waals surface area contributed by atoms with Gasteiger partial charge in [0.1, 0.15) is 5.75 Å². The summed E-state index contributed by atoms with van der Waals surface area (Å²) >= 11 is 0.